The fraction of sp³-hybridized carbons (Fsp3) is 0.650. The topological polar surface area (TPSA) is 94.0 Å². The van der Waals surface area contributed by atoms with Crippen molar-refractivity contribution < 1.29 is 13.5 Å². The first-order valence-corrected chi connectivity index (χ1v) is 11.7. The minimum absolute atomic E-state index is 0.169. The Balaban J connectivity index is 1.90. The molecule has 1 unspecified atom stereocenters. The van der Waals surface area contributed by atoms with Crippen LogP contribution < -0.4 is 10.6 Å². The molecule has 0 aliphatic carbocycles. The predicted molar refractivity (Wildman–Crippen MR) is 114 cm³/mol. The molecule has 0 saturated carbocycles. The first kappa shape index (κ1) is 22.6. The molecule has 1 heterocycles. The van der Waals surface area contributed by atoms with Crippen molar-refractivity contribution >= 4 is 16.0 Å². The number of guanidine groups is 1. The lowest BCUT2D eigenvalue weighted by Crippen LogP contribution is -2.50. The van der Waals surface area contributed by atoms with Crippen LogP contribution in [-0.4, -0.2) is 61.8 Å². The number of sulfonamides is 1. The molecule has 1 aromatic carbocycles. The second-order valence-electron chi connectivity index (χ2n) is 7.28. The third-order valence-corrected chi connectivity index (χ3v) is 6.96. The molecule has 1 aromatic rings. The number of aliphatic hydroxyl groups is 1. The molecule has 1 fully saturated rings. The lowest BCUT2D eigenvalue weighted by molar-refractivity contribution is 0.187. The maximum atomic E-state index is 12.2. The molecule has 0 spiro atoms. The zero-order valence-electron chi connectivity index (χ0n) is 17.2. The Hall–Kier alpha value is -1.64. The summed E-state index contributed by atoms with van der Waals surface area (Å²) in [5.41, 5.74) is 2.00. The molecule has 3 N–H and O–H groups in total. The largest absolute Gasteiger partial charge is 0.386 e. The van der Waals surface area contributed by atoms with E-state index in [0.29, 0.717) is 25.5 Å². The van der Waals surface area contributed by atoms with Crippen LogP contribution in [-0.2, 0) is 10.0 Å². The first-order chi connectivity index (χ1) is 13.4. The number of aliphatic imine (C=N–C) groups is 1. The van der Waals surface area contributed by atoms with Gasteiger partial charge in [-0.2, -0.15) is 0 Å². The van der Waals surface area contributed by atoms with E-state index in [1.54, 1.807) is 4.31 Å². The van der Waals surface area contributed by atoms with E-state index in [0.717, 1.165) is 30.5 Å². The first-order valence-electron chi connectivity index (χ1n) is 10.1. The van der Waals surface area contributed by atoms with E-state index in [1.165, 1.54) is 0 Å². The number of rotatable bonds is 8. The van der Waals surface area contributed by atoms with Crippen LogP contribution in [0.25, 0.3) is 0 Å². The summed E-state index contributed by atoms with van der Waals surface area (Å²) in [6, 6.07) is 7.96. The maximum Gasteiger partial charge on any atom is 0.214 e. The average Bonchev–Trinajstić information content (AvgIpc) is 2.67. The van der Waals surface area contributed by atoms with Gasteiger partial charge >= 0.3 is 0 Å². The van der Waals surface area contributed by atoms with Crippen molar-refractivity contribution in [2.45, 2.75) is 52.2 Å². The Bertz CT molecular complexity index is 726. The van der Waals surface area contributed by atoms with E-state index in [2.05, 4.69) is 15.6 Å². The zero-order chi connectivity index (χ0) is 20.6. The number of aryl methyl sites for hydroxylation is 1. The fourth-order valence-corrected chi connectivity index (χ4v) is 4.79. The van der Waals surface area contributed by atoms with E-state index in [9.17, 15) is 13.5 Å². The van der Waals surface area contributed by atoms with Crippen molar-refractivity contribution in [1.82, 2.24) is 14.9 Å². The normalized spacial score (nSPS) is 18.1. The number of hydrogen-bond donors (Lipinski definition) is 3. The third kappa shape index (κ3) is 6.76. The van der Waals surface area contributed by atoms with E-state index < -0.39 is 16.1 Å². The molecule has 7 nitrogen and oxygen atoms in total. The van der Waals surface area contributed by atoms with Crippen molar-refractivity contribution in [3.8, 4) is 0 Å². The summed E-state index contributed by atoms with van der Waals surface area (Å²) >= 11 is 0. The van der Waals surface area contributed by atoms with E-state index in [4.69, 9.17) is 0 Å². The SMILES string of the molecule is CCCS(=O)(=O)N1CCC(NC(=NCC(O)c2ccc(C)cc2)NCC)CC1. The van der Waals surface area contributed by atoms with Crippen molar-refractivity contribution in [3.05, 3.63) is 35.4 Å². The highest BCUT2D eigenvalue weighted by atomic mass is 32.2. The van der Waals surface area contributed by atoms with Crippen molar-refractivity contribution in [2.24, 2.45) is 4.99 Å². The Labute approximate surface area is 169 Å². The monoisotopic (exact) mass is 410 g/mol. The number of nitrogens with zero attached hydrogens (tertiary/aromatic N) is 2. The molecule has 1 aliphatic rings. The Morgan fingerprint density at radius 3 is 2.46 bits per heavy atom. The van der Waals surface area contributed by atoms with Crippen LogP contribution >= 0.6 is 0 Å². The van der Waals surface area contributed by atoms with Crippen LogP contribution in [0.3, 0.4) is 0 Å². The highest BCUT2D eigenvalue weighted by Crippen LogP contribution is 2.16. The summed E-state index contributed by atoms with van der Waals surface area (Å²) in [4.78, 5) is 4.52. The summed E-state index contributed by atoms with van der Waals surface area (Å²) in [6.45, 7) is 7.94. The molecule has 1 atom stereocenters. The van der Waals surface area contributed by atoms with Crippen LogP contribution in [0, 0.1) is 6.92 Å². The average molecular weight is 411 g/mol. The molecule has 1 aliphatic heterocycles. The molecule has 0 bridgehead atoms. The van der Waals surface area contributed by atoms with Crippen LogP contribution in [0.15, 0.2) is 29.3 Å². The van der Waals surface area contributed by atoms with Gasteiger partial charge in [-0.3, -0.25) is 4.99 Å². The number of hydrogen-bond acceptors (Lipinski definition) is 4. The molecule has 0 aromatic heterocycles. The molecule has 28 heavy (non-hydrogen) atoms. The molecule has 0 radical (unpaired) electrons. The van der Waals surface area contributed by atoms with Crippen LogP contribution in [0.4, 0.5) is 0 Å². The second kappa shape index (κ2) is 10.8. The summed E-state index contributed by atoms with van der Waals surface area (Å²) in [5, 5.41) is 17.0. The van der Waals surface area contributed by atoms with Gasteiger partial charge in [-0.05, 0) is 38.7 Å². The van der Waals surface area contributed by atoms with Crippen molar-refractivity contribution in [1.29, 1.82) is 0 Å². The Morgan fingerprint density at radius 2 is 1.89 bits per heavy atom. The third-order valence-electron chi connectivity index (χ3n) is 4.88. The van der Waals surface area contributed by atoms with Crippen LogP contribution in [0.5, 0.6) is 0 Å². The van der Waals surface area contributed by atoms with E-state index in [-0.39, 0.29) is 18.3 Å². The number of benzene rings is 1. The standard InChI is InChI=1S/C20H34N4O3S/c1-4-14-28(26,27)24-12-10-18(11-13-24)23-20(21-5-2)22-15-19(25)17-8-6-16(3)7-9-17/h6-9,18-19,25H,4-5,10-15H2,1-3H3,(H2,21,22,23). The van der Waals surface area contributed by atoms with Gasteiger partial charge in [0.15, 0.2) is 5.96 Å². The number of aliphatic hydroxyl groups excluding tert-OH is 1. The lowest BCUT2D eigenvalue weighted by atomic mass is 10.1. The minimum Gasteiger partial charge on any atom is -0.386 e. The molecule has 8 heteroatoms. The van der Waals surface area contributed by atoms with Crippen molar-refractivity contribution in [2.75, 3.05) is 31.9 Å². The Morgan fingerprint density at radius 1 is 1.25 bits per heavy atom. The summed E-state index contributed by atoms with van der Waals surface area (Å²) in [7, 11) is -3.12. The predicted octanol–water partition coefficient (Wildman–Crippen LogP) is 1.79. The number of piperidine rings is 1. The highest BCUT2D eigenvalue weighted by Gasteiger charge is 2.27. The lowest BCUT2D eigenvalue weighted by Gasteiger charge is -2.32. The summed E-state index contributed by atoms with van der Waals surface area (Å²) in [5.74, 6) is 0.870. The summed E-state index contributed by atoms with van der Waals surface area (Å²) < 4.78 is 26.0. The molecular formula is C20H34N4O3S. The maximum absolute atomic E-state index is 12.2. The van der Waals surface area contributed by atoms with Gasteiger partial charge in [0.1, 0.15) is 0 Å². The minimum atomic E-state index is -3.12. The van der Waals surface area contributed by atoms with Gasteiger partial charge in [-0.15, -0.1) is 0 Å². The van der Waals surface area contributed by atoms with Gasteiger partial charge in [0, 0.05) is 25.7 Å². The number of nitrogens with one attached hydrogen (secondary N) is 2. The van der Waals surface area contributed by atoms with Crippen molar-refractivity contribution in [3.63, 3.8) is 0 Å². The highest BCUT2D eigenvalue weighted by molar-refractivity contribution is 7.89. The van der Waals surface area contributed by atoms with E-state index >= 15 is 0 Å². The molecule has 2 rings (SSSR count). The van der Waals surface area contributed by atoms with Gasteiger partial charge in [-0.1, -0.05) is 36.8 Å². The van der Waals surface area contributed by atoms with Gasteiger partial charge < -0.3 is 15.7 Å². The molecular weight excluding hydrogens is 376 g/mol. The molecule has 0 amide bonds. The van der Waals surface area contributed by atoms with Gasteiger partial charge in [0.2, 0.25) is 10.0 Å². The quantitative estimate of drug-likeness (QED) is 0.449. The smallest absolute Gasteiger partial charge is 0.214 e. The Kier molecular flexibility index (Phi) is 8.72. The van der Waals surface area contributed by atoms with Gasteiger partial charge in [0.05, 0.1) is 18.4 Å². The second-order valence-corrected chi connectivity index (χ2v) is 9.37. The van der Waals surface area contributed by atoms with Gasteiger partial charge in [0.25, 0.3) is 0 Å². The van der Waals surface area contributed by atoms with Crippen LogP contribution in [0.1, 0.15) is 50.3 Å². The van der Waals surface area contributed by atoms with E-state index in [1.807, 2.05) is 45.0 Å². The zero-order valence-corrected chi connectivity index (χ0v) is 18.0. The van der Waals surface area contributed by atoms with Gasteiger partial charge in [-0.25, -0.2) is 12.7 Å². The fourth-order valence-electron chi connectivity index (χ4n) is 3.25. The van der Waals surface area contributed by atoms with Crippen LogP contribution in [0.2, 0.25) is 0 Å². The molecule has 158 valence electrons. The molecule has 1 saturated heterocycles. The summed E-state index contributed by atoms with van der Waals surface area (Å²) in [6.07, 6.45) is 1.47.